The summed E-state index contributed by atoms with van der Waals surface area (Å²) in [5.41, 5.74) is 0.150. The first-order chi connectivity index (χ1) is 9.40. The predicted octanol–water partition coefficient (Wildman–Crippen LogP) is 1.93. The number of hydrogen-bond donors (Lipinski definition) is 1. The van der Waals surface area contributed by atoms with Crippen molar-refractivity contribution in [3.05, 3.63) is 29.8 Å². The van der Waals surface area contributed by atoms with Crippen LogP contribution >= 0.6 is 11.8 Å². The van der Waals surface area contributed by atoms with Crippen molar-refractivity contribution in [1.29, 1.82) is 0 Å². The van der Waals surface area contributed by atoms with Gasteiger partial charge in [-0.2, -0.15) is 11.8 Å². The van der Waals surface area contributed by atoms with E-state index >= 15 is 0 Å². The number of sulfone groups is 1. The molecule has 0 unspecified atom stereocenters. The van der Waals surface area contributed by atoms with E-state index in [2.05, 4.69) is 0 Å². The number of rotatable bonds is 9. The van der Waals surface area contributed by atoms with Crippen LogP contribution < -0.4 is 4.74 Å². The molecule has 0 radical (unpaired) electrons. The van der Waals surface area contributed by atoms with Gasteiger partial charge < -0.3 is 9.84 Å². The van der Waals surface area contributed by atoms with Crippen LogP contribution in [0.1, 0.15) is 16.8 Å². The third-order valence-electron chi connectivity index (χ3n) is 2.41. The molecule has 1 N–H and O–H groups in total. The molecule has 1 rings (SSSR count). The zero-order valence-electron chi connectivity index (χ0n) is 11.2. The Kier molecular flexibility index (Phi) is 6.87. The largest absolute Gasteiger partial charge is 0.493 e. The third kappa shape index (κ3) is 6.81. The van der Waals surface area contributed by atoms with E-state index in [1.54, 1.807) is 30.0 Å². The van der Waals surface area contributed by atoms with Gasteiger partial charge in [-0.15, -0.1) is 0 Å². The van der Waals surface area contributed by atoms with E-state index in [1.165, 1.54) is 12.3 Å². The minimum absolute atomic E-state index is 0.150. The number of thioether (sulfide) groups is 1. The third-order valence-corrected chi connectivity index (χ3v) is 4.68. The molecule has 0 heterocycles. The summed E-state index contributed by atoms with van der Waals surface area (Å²) in [5.74, 6) is 0.889. The Morgan fingerprint density at radius 1 is 1.30 bits per heavy atom. The minimum atomic E-state index is -2.89. The summed E-state index contributed by atoms with van der Waals surface area (Å²) in [6.07, 6.45) is 1.96. The second kappa shape index (κ2) is 8.16. The molecule has 0 aliphatic carbocycles. The van der Waals surface area contributed by atoms with Gasteiger partial charge in [0.1, 0.15) is 21.2 Å². The Bertz CT molecular complexity index is 539. The molecule has 0 spiro atoms. The number of ether oxygens (including phenoxy) is 1. The Hall–Kier alpha value is -1.21. The van der Waals surface area contributed by atoms with Crippen molar-refractivity contribution in [1.82, 2.24) is 0 Å². The Labute approximate surface area is 123 Å². The second-order valence-corrected chi connectivity index (χ2v) is 7.73. The Balaban J connectivity index is 2.24. The molecule has 0 bridgehead atoms. The van der Waals surface area contributed by atoms with Gasteiger partial charge in [-0.3, -0.25) is 0 Å². The van der Waals surface area contributed by atoms with Crippen LogP contribution in [0.2, 0.25) is 0 Å². The molecule has 1 aromatic rings. The summed E-state index contributed by atoms with van der Waals surface area (Å²) in [5, 5.41) is 8.97. The van der Waals surface area contributed by atoms with Gasteiger partial charge in [0.25, 0.3) is 0 Å². The summed E-state index contributed by atoms with van der Waals surface area (Å²) in [4.78, 5) is 10.9. The molecule has 20 heavy (non-hydrogen) atoms. The maximum atomic E-state index is 10.9. The van der Waals surface area contributed by atoms with Crippen molar-refractivity contribution in [2.45, 2.75) is 6.42 Å². The topological polar surface area (TPSA) is 80.7 Å². The Morgan fingerprint density at radius 2 is 2.00 bits per heavy atom. The van der Waals surface area contributed by atoms with Crippen LogP contribution in [0.25, 0.3) is 0 Å². The summed E-state index contributed by atoms with van der Waals surface area (Å²) >= 11 is 1.55. The monoisotopic (exact) mass is 318 g/mol. The standard InChI is InChI=1S/C13H18O5S2/c1-20(16,17)10-9-19-8-4-7-18-12-6-3-2-5-11(12)13(14)15/h2-3,5-6H,4,7-10H2,1H3,(H,14,15). The summed E-state index contributed by atoms with van der Waals surface area (Å²) in [6, 6.07) is 6.50. The molecule has 5 nitrogen and oxygen atoms in total. The van der Waals surface area contributed by atoms with Crippen LogP contribution in [-0.4, -0.2) is 49.6 Å². The molecule has 0 aliphatic rings. The van der Waals surface area contributed by atoms with E-state index in [9.17, 15) is 13.2 Å². The smallest absolute Gasteiger partial charge is 0.339 e. The van der Waals surface area contributed by atoms with Crippen molar-refractivity contribution in [3.8, 4) is 5.75 Å². The molecule has 0 fully saturated rings. The minimum Gasteiger partial charge on any atom is -0.493 e. The molecular weight excluding hydrogens is 300 g/mol. The highest BCUT2D eigenvalue weighted by atomic mass is 32.2. The highest BCUT2D eigenvalue weighted by Gasteiger charge is 2.09. The molecule has 112 valence electrons. The molecule has 0 amide bonds. The fourth-order valence-corrected chi connectivity index (χ4v) is 3.63. The van der Waals surface area contributed by atoms with Crippen LogP contribution in [0.3, 0.4) is 0 Å². The second-order valence-electron chi connectivity index (χ2n) is 4.25. The lowest BCUT2D eigenvalue weighted by Gasteiger charge is -2.08. The first-order valence-corrected chi connectivity index (χ1v) is 9.32. The van der Waals surface area contributed by atoms with Crippen molar-refractivity contribution < 1.29 is 23.1 Å². The number of hydrogen-bond acceptors (Lipinski definition) is 5. The van der Waals surface area contributed by atoms with Gasteiger partial charge in [-0.25, -0.2) is 13.2 Å². The van der Waals surface area contributed by atoms with E-state index in [0.717, 1.165) is 12.2 Å². The number of carbonyl (C=O) groups is 1. The van der Waals surface area contributed by atoms with Gasteiger partial charge >= 0.3 is 5.97 Å². The zero-order valence-corrected chi connectivity index (χ0v) is 12.9. The molecule has 0 aromatic heterocycles. The van der Waals surface area contributed by atoms with Crippen molar-refractivity contribution in [2.24, 2.45) is 0 Å². The molecule has 0 atom stereocenters. The number of carboxylic acids is 1. The van der Waals surface area contributed by atoms with Gasteiger partial charge in [0.2, 0.25) is 0 Å². The highest BCUT2D eigenvalue weighted by Crippen LogP contribution is 2.18. The lowest BCUT2D eigenvalue weighted by atomic mass is 10.2. The van der Waals surface area contributed by atoms with Crippen LogP contribution in [-0.2, 0) is 9.84 Å². The maximum absolute atomic E-state index is 10.9. The lowest BCUT2D eigenvalue weighted by Crippen LogP contribution is -2.07. The van der Waals surface area contributed by atoms with Crippen LogP contribution in [0.15, 0.2) is 24.3 Å². The van der Waals surface area contributed by atoms with E-state index in [0.29, 0.717) is 18.1 Å². The highest BCUT2D eigenvalue weighted by molar-refractivity contribution is 8.00. The average Bonchev–Trinajstić information content (AvgIpc) is 2.36. The fraction of sp³-hybridized carbons (Fsp3) is 0.462. The quantitative estimate of drug-likeness (QED) is 0.701. The van der Waals surface area contributed by atoms with Crippen LogP contribution in [0.5, 0.6) is 5.75 Å². The van der Waals surface area contributed by atoms with Crippen molar-refractivity contribution in [3.63, 3.8) is 0 Å². The summed E-state index contributed by atoms with van der Waals surface area (Å²) in [7, 11) is -2.89. The fourth-order valence-electron chi connectivity index (χ4n) is 1.42. The van der Waals surface area contributed by atoms with Gasteiger partial charge in [-0.1, -0.05) is 12.1 Å². The van der Waals surface area contributed by atoms with Crippen molar-refractivity contribution in [2.75, 3.05) is 30.1 Å². The molecular formula is C13H18O5S2. The van der Waals surface area contributed by atoms with Gasteiger partial charge in [0.15, 0.2) is 0 Å². The first kappa shape index (κ1) is 16.8. The normalized spacial score (nSPS) is 11.2. The molecule has 0 saturated heterocycles. The summed E-state index contributed by atoms with van der Waals surface area (Å²) in [6.45, 7) is 0.413. The molecule has 1 aromatic carbocycles. The van der Waals surface area contributed by atoms with Crippen LogP contribution in [0, 0.1) is 0 Å². The summed E-state index contributed by atoms with van der Waals surface area (Å²) < 4.78 is 27.3. The zero-order chi connectivity index (χ0) is 15.0. The molecule has 0 saturated carbocycles. The number of aromatic carboxylic acids is 1. The number of benzene rings is 1. The Morgan fingerprint density at radius 3 is 2.65 bits per heavy atom. The number of para-hydroxylation sites is 1. The molecule has 0 aliphatic heterocycles. The maximum Gasteiger partial charge on any atom is 0.339 e. The number of carboxylic acid groups (broad SMARTS) is 1. The average molecular weight is 318 g/mol. The SMILES string of the molecule is CS(=O)(=O)CCSCCCOc1ccccc1C(=O)O. The van der Waals surface area contributed by atoms with Gasteiger partial charge in [0.05, 0.1) is 12.4 Å². The van der Waals surface area contributed by atoms with Crippen LogP contribution in [0.4, 0.5) is 0 Å². The van der Waals surface area contributed by atoms with E-state index in [4.69, 9.17) is 9.84 Å². The van der Waals surface area contributed by atoms with E-state index in [1.807, 2.05) is 0 Å². The van der Waals surface area contributed by atoms with E-state index < -0.39 is 15.8 Å². The van der Waals surface area contributed by atoms with Gasteiger partial charge in [0, 0.05) is 12.0 Å². The lowest BCUT2D eigenvalue weighted by molar-refractivity contribution is 0.0692. The predicted molar refractivity (Wildman–Crippen MR) is 80.5 cm³/mol. The first-order valence-electron chi connectivity index (χ1n) is 6.11. The van der Waals surface area contributed by atoms with Gasteiger partial charge in [-0.05, 0) is 24.3 Å². The van der Waals surface area contributed by atoms with E-state index in [-0.39, 0.29) is 11.3 Å². The van der Waals surface area contributed by atoms with Crippen molar-refractivity contribution >= 4 is 27.6 Å². The molecule has 7 heteroatoms.